The highest BCUT2D eigenvalue weighted by Crippen LogP contribution is 2.32. The number of hydrogen-bond donors (Lipinski definition) is 1. The normalized spacial score (nSPS) is 37.2. The van der Waals surface area contributed by atoms with Gasteiger partial charge in [0.25, 0.3) is 0 Å². The fourth-order valence-corrected chi connectivity index (χ4v) is 2.93. The Labute approximate surface area is 96.6 Å². The van der Waals surface area contributed by atoms with Crippen molar-refractivity contribution in [2.24, 2.45) is 0 Å². The molecule has 4 heteroatoms. The van der Waals surface area contributed by atoms with Gasteiger partial charge in [-0.3, -0.25) is 9.69 Å². The van der Waals surface area contributed by atoms with Crippen LogP contribution in [0, 0.1) is 0 Å². The molecule has 0 aromatic rings. The number of ether oxygens (including phenoxy) is 1. The van der Waals surface area contributed by atoms with Gasteiger partial charge in [0, 0.05) is 12.6 Å². The topological polar surface area (TPSA) is 49.8 Å². The molecule has 0 aliphatic carbocycles. The summed E-state index contributed by atoms with van der Waals surface area (Å²) in [5, 5.41) is 9.42. The summed E-state index contributed by atoms with van der Waals surface area (Å²) in [5.74, 6) is -0.683. The van der Waals surface area contributed by atoms with Gasteiger partial charge in [0.2, 0.25) is 0 Å². The molecule has 2 unspecified atom stereocenters. The van der Waals surface area contributed by atoms with Gasteiger partial charge in [0.1, 0.15) is 5.54 Å². The molecule has 2 atom stereocenters. The Hall–Kier alpha value is -0.610. The molecule has 0 bridgehead atoms. The molecule has 2 aliphatic heterocycles. The Morgan fingerprint density at radius 1 is 1.44 bits per heavy atom. The monoisotopic (exact) mass is 227 g/mol. The number of likely N-dealkylation sites (tertiary alicyclic amines) is 1. The lowest BCUT2D eigenvalue weighted by Gasteiger charge is -2.47. The number of nitrogens with zero attached hydrogens (tertiary/aromatic N) is 1. The molecule has 0 saturated carbocycles. The zero-order valence-corrected chi connectivity index (χ0v) is 9.95. The smallest absolute Gasteiger partial charge is 0.323 e. The van der Waals surface area contributed by atoms with Crippen molar-refractivity contribution in [2.45, 2.75) is 50.6 Å². The highest BCUT2D eigenvalue weighted by atomic mass is 16.5. The van der Waals surface area contributed by atoms with Crippen molar-refractivity contribution in [3.05, 3.63) is 0 Å². The summed E-state index contributed by atoms with van der Waals surface area (Å²) < 4.78 is 5.47. The van der Waals surface area contributed by atoms with Crippen LogP contribution in [0.3, 0.4) is 0 Å². The average Bonchev–Trinajstić information content (AvgIpc) is 2.30. The minimum atomic E-state index is -0.683. The van der Waals surface area contributed by atoms with Crippen LogP contribution < -0.4 is 0 Å². The Morgan fingerprint density at radius 2 is 2.25 bits per heavy atom. The summed E-state index contributed by atoms with van der Waals surface area (Å²) in [6.45, 7) is 4.29. The maximum Gasteiger partial charge on any atom is 0.323 e. The standard InChI is InChI=1S/C12H21NO3/c1-12(11(14)15)6-2-3-7-13(12)10-5-4-8-16-9-10/h10H,2-9H2,1H3,(H,14,15). The Kier molecular flexibility index (Phi) is 3.50. The Morgan fingerprint density at radius 3 is 2.88 bits per heavy atom. The molecule has 4 nitrogen and oxygen atoms in total. The van der Waals surface area contributed by atoms with Crippen LogP contribution in [-0.2, 0) is 9.53 Å². The van der Waals surface area contributed by atoms with Crippen molar-refractivity contribution in [3.63, 3.8) is 0 Å². The van der Waals surface area contributed by atoms with Gasteiger partial charge in [0.15, 0.2) is 0 Å². The van der Waals surface area contributed by atoms with Gasteiger partial charge >= 0.3 is 5.97 Å². The van der Waals surface area contributed by atoms with E-state index in [1.54, 1.807) is 0 Å². The lowest BCUT2D eigenvalue weighted by atomic mass is 9.86. The number of piperidine rings is 1. The maximum atomic E-state index is 11.4. The third kappa shape index (κ3) is 2.09. The van der Waals surface area contributed by atoms with Gasteiger partial charge in [-0.15, -0.1) is 0 Å². The van der Waals surface area contributed by atoms with Gasteiger partial charge in [-0.05, 0) is 45.6 Å². The van der Waals surface area contributed by atoms with Crippen LogP contribution in [0.4, 0.5) is 0 Å². The highest BCUT2D eigenvalue weighted by Gasteiger charge is 2.44. The van der Waals surface area contributed by atoms with E-state index in [9.17, 15) is 9.90 Å². The van der Waals surface area contributed by atoms with E-state index in [4.69, 9.17) is 4.74 Å². The number of carbonyl (C=O) groups is 1. The first-order valence-corrected chi connectivity index (χ1v) is 6.22. The van der Waals surface area contributed by atoms with Crippen LogP contribution in [0.5, 0.6) is 0 Å². The van der Waals surface area contributed by atoms with Crippen molar-refractivity contribution in [1.82, 2.24) is 4.90 Å². The molecule has 2 fully saturated rings. The minimum absolute atomic E-state index is 0.301. The van der Waals surface area contributed by atoms with Crippen LogP contribution in [0.1, 0.15) is 39.0 Å². The zero-order valence-electron chi connectivity index (χ0n) is 9.95. The molecule has 16 heavy (non-hydrogen) atoms. The second kappa shape index (κ2) is 4.72. The van der Waals surface area contributed by atoms with Gasteiger partial charge < -0.3 is 9.84 Å². The van der Waals surface area contributed by atoms with E-state index in [1.807, 2.05) is 6.92 Å². The van der Waals surface area contributed by atoms with Crippen LogP contribution in [0.25, 0.3) is 0 Å². The van der Waals surface area contributed by atoms with Crippen LogP contribution in [-0.4, -0.2) is 47.3 Å². The first-order valence-electron chi connectivity index (χ1n) is 6.22. The SMILES string of the molecule is CC1(C(=O)O)CCCCN1C1CCCOC1. The minimum Gasteiger partial charge on any atom is -0.480 e. The zero-order chi connectivity index (χ0) is 11.6. The summed E-state index contributed by atoms with van der Waals surface area (Å²) >= 11 is 0. The van der Waals surface area contributed by atoms with E-state index < -0.39 is 11.5 Å². The van der Waals surface area contributed by atoms with Crippen molar-refractivity contribution in [2.75, 3.05) is 19.8 Å². The molecular weight excluding hydrogens is 206 g/mol. The number of aliphatic carboxylic acids is 1. The predicted molar refractivity (Wildman–Crippen MR) is 60.4 cm³/mol. The summed E-state index contributed by atoms with van der Waals surface area (Å²) in [4.78, 5) is 13.6. The lowest BCUT2D eigenvalue weighted by Crippen LogP contribution is -2.60. The molecule has 0 amide bonds. The fraction of sp³-hybridized carbons (Fsp3) is 0.917. The van der Waals surface area contributed by atoms with Crippen LogP contribution in [0.2, 0.25) is 0 Å². The molecule has 0 aromatic carbocycles. The number of carboxylic acid groups (broad SMARTS) is 1. The molecule has 0 aromatic heterocycles. The summed E-state index contributed by atoms with van der Waals surface area (Å²) in [5.41, 5.74) is -0.677. The van der Waals surface area contributed by atoms with E-state index in [0.717, 1.165) is 45.3 Å². The molecule has 2 rings (SSSR count). The van der Waals surface area contributed by atoms with E-state index in [2.05, 4.69) is 4.90 Å². The molecule has 0 radical (unpaired) electrons. The van der Waals surface area contributed by atoms with Crippen LogP contribution in [0.15, 0.2) is 0 Å². The quantitative estimate of drug-likeness (QED) is 0.776. The van der Waals surface area contributed by atoms with E-state index >= 15 is 0 Å². The van der Waals surface area contributed by atoms with Gasteiger partial charge in [-0.1, -0.05) is 0 Å². The summed E-state index contributed by atoms with van der Waals surface area (Å²) in [7, 11) is 0. The lowest BCUT2D eigenvalue weighted by molar-refractivity contribution is -0.157. The molecule has 2 heterocycles. The van der Waals surface area contributed by atoms with Gasteiger partial charge in [-0.25, -0.2) is 0 Å². The first kappa shape index (κ1) is 11.9. The predicted octanol–water partition coefficient (Wildman–Crippen LogP) is 1.49. The largest absolute Gasteiger partial charge is 0.480 e. The number of rotatable bonds is 2. The van der Waals surface area contributed by atoms with Crippen LogP contribution >= 0.6 is 0 Å². The van der Waals surface area contributed by atoms with Crippen molar-refractivity contribution in [1.29, 1.82) is 0 Å². The molecule has 0 spiro atoms. The molecule has 92 valence electrons. The van der Waals surface area contributed by atoms with Crippen molar-refractivity contribution in [3.8, 4) is 0 Å². The Bertz CT molecular complexity index is 263. The maximum absolute atomic E-state index is 11.4. The fourth-order valence-electron chi connectivity index (χ4n) is 2.93. The van der Waals surface area contributed by atoms with Crippen molar-refractivity contribution < 1.29 is 14.6 Å². The van der Waals surface area contributed by atoms with E-state index in [1.165, 1.54) is 0 Å². The summed E-state index contributed by atoms with van der Waals surface area (Å²) in [6, 6.07) is 0.301. The molecular formula is C12H21NO3. The van der Waals surface area contributed by atoms with Crippen molar-refractivity contribution >= 4 is 5.97 Å². The highest BCUT2D eigenvalue weighted by molar-refractivity contribution is 5.78. The van der Waals surface area contributed by atoms with E-state index in [0.29, 0.717) is 12.6 Å². The first-order chi connectivity index (χ1) is 7.64. The number of carboxylic acids is 1. The molecule has 1 N–H and O–H groups in total. The molecule has 2 aliphatic rings. The van der Waals surface area contributed by atoms with Gasteiger partial charge in [-0.2, -0.15) is 0 Å². The Balaban J connectivity index is 2.12. The van der Waals surface area contributed by atoms with Gasteiger partial charge in [0.05, 0.1) is 6.61 Å². The summed E-state index contributed by atoms with van der Waals surface area (Å²) in [6.07, 6.45) is 5.02. The third-order valence-corrected chi connectivity index (χ3v) is 3.98. The second-order valence-corrected chi connectivity index (χ2v) is 5.10. The van der Waals surface area contributed by atoms with E-state index in [-0.39, 0.29) is 0 Å². The number of hydrogen-bond acceptors (Lipinski definition) is 3. The average molecular weight is 227 g/mol. The molecule has 2 saturated heterocycles. The third-order valence-electron chi connectivity index (χ3n) is 3.98. The second-order valence-electron chi connectivity index (χ2n) is 5.10.